The summed E-state index contributed by atoms with van der Waals surface area (Å²) in [5.41, 5.74) is 1.28. The molecule has 78 valence electrons. The van der Waals surface area contributed by atoms with E-state index in [-0.39, 0.29) is 0 Å². The molecule has 1 unspecified atom stereocenters. The van der Waals surface area contributed by atoms with Crippen LogP contribution in [0.2, 0.25) is 0 Å². The third-order valence-corrected chi connectivity index (χ3v) is 2.73. The van der Waals surface area contributed by atoms with Gasteiger partial charge in [-0.1, -0.05) is 0 Å². The van der Waals surface area contributed by atoms with Crippen LogP contribution in [-0.2, 0) is 6.54 Å². The lowest BCUT2D eigenvalue weighted by molar-refractivity contribution is 0.337. The van der Waals surface area contributed by atoms with Crippen LogP contribution in [0.5, 0.6) is 0 Å². The van der Waals surface area contributed by atoms with E-state index in [1.54, 1.807) is 0 Å². The molecule has 1 fully saturated rings. The first-order chi connectivity index (χ1) is 6.92. The van der Waals surface area contributed by atoms with E-state index >= 15 is 0 Å². The molecule has 1 saturated heterocycles. The number of rotatable bonds is 3. The molecular formula is C10H18N4. The fourth-order valence-electron chi connectivity index (χ4n) is 2.03. The van der Waals surface area contributed by atoms with Gasteiger partial charge >= 0.3 is 0 Å². The fraction of sp³-hybridized carbons (Fsp3) is 0.700. The van der Waals surface area contributed by atoms with Crippen molar-refractivity contribution in [3.05, 3.63) is 18.0 Å². The Kier molecular flexibility index (Phi) is 3.16. The van der Waals surface area contributed by atoms with E-state index in [1.165, 1.54) is 18.5 Å². The van der Waals surface area contributed by atoms with Crippen molar-refractivity contribution in [1.82, 2.24) is 20.4 Å². The summed E-state index contributed by atoms with van der Waals surface area (Å²) < 4.78 is 2.16. The summed E-state index contributed by atoms with van der Waals surface area (Å²) in [6, 6.07) is 2.63. The lowest BCUT2D eigenvalue weighted by Gasteiger charge is -2.24. The second-order valence-electron chi connectivity index (χ2n) is 3.80. The van der Waals surface area contributed by atoms with Gasteiger partial charge < -0.3 is 10.6 Å². The van der Waals surface area contributed by atoms with Crippen molar-refractivity contribution in [1.29, 1.82) is 0 Å². The minimum absolute atomic E-state index is 0.544. The molecule has 0 bridgehead atoms. The Bertz CT molecular complexity index is 275. The molecule has 2 rings (SSSR count). The quantitative estimate of drug-likeness (QED) is 0.737. The van der Waals surface area contributed by atoms with Gasteiger partial charge in [0.05, 0.1) is 11.7 Å². The van der Waals surface area contributed by atoms with Crippen LogP contribution in [0.15, 0.2) is 12.3 Å². The monoisotopic (exact) mass is 194 g/mol. The van der Waals surface area contributed by atoms with Gasteiger partial charge in [0.2, 0.25) is 0 Å². The minimum atomic E-state index is 0.544. The van der Waals surface area contributed by atoms with E-state index in [1.807, 2.05) is 13.2 Å². The number of hydrogen-bond acceptors (Lipinski definition) is 3. The summed E-state index contributed by atoms with van der Waals surface area (Å²) in [7, 11) is 1.97. The van der Waals surface area contributed by atoms with Gasteiger partial charge in [0, 0.05) is 19.3 Å². The highest BCUT2D eigenvalue weighted by Gasteiger charge is 2.17. The first-order valence-corrected chi connectivity index (χ1v) is 5.29. The van der Waals surface area contributed by atoms with Gasteiger partial charge in [-0.25, -0.2) is 0 Å². The maximum atomic E-state index is 4.40. The maximum absolute atomic E-state index is 4.40. The molecule has 0 radical (unpaired) electrons. The van der Waals surface area contributed by atoms with Crippen LogP contribution in [0.3, 0.4) is 0 Å². The van der Waals surface area contributed by atoms with Gasteiger partial charge in [-0.15, -0.1) is 0 Å². The van der Waals surface area contributed by atoms with Gasteiger partial charge in [0.1, 0.15) is 0 Å². The highest BCUT2D eigenvalue weighted by atomic mass is 15.3. The van der Waals surface area contributed by atoms with Crippen molar-refractivity contribution >= 4 is 0 Å². The third kappa shape index (κ3) is 1.96. The van der Waals surface area contributed by atoms with Crippen LogP contribution < -0.4 is 10.6 Å². The molecule has 1 aromatic heterocycles. The number of nitrogens with zero attached hydrogens (tertiary/aromatic N) is 2. The Hall–Kier alpha value is -0.870. The highest BCUT2D eigenvalue weighted by Crippen LogP contribution is 2.17. The van der Waals surface area contributed by atoms with Crippen molar-refractivity contribution in [3.8, 4) is 0 Å². The number of hydrogen-bond donors (Lipinski definition) is 2. The second kappa shape index (κ2) is 4.57. The van der Waals surface area contributed by atoms with Crippen LogP contribution in [0.1, 0.15) is 24.6 Å². The fourth-order valence-corrected chi connectivity index (χ4v) is 2.03. The molecule has 0 saturated carbocycles. The summed E-state index contributed by atoms with van der Waals surface area (Å²) in [5.74, 6) is 0. The van der Waals surface area contributed by atoms with Crippen molar-refractivity contribution in [2.24, 2.45) is 0 Å². The molecule has 1 aromatic rings. The van der Waals surface area contributed by atoms with E-state index in [2.05, 4.69) is 26.5 Å². The Morgan fingerprint density at radius 1 is 1.71 bits per heavy atom. The summed E-state index contributed by atoms with van der Waals surface area (Å²) in [6.45, 7) is 3.11. The van der Waals surface area contributed by atoms with Crippen LogP contribution >= 0.6 is 0 Å². The van der Waals surface area contributed by atoms with Crippen LogP contribution in [-0.4, -0.2) is 29.9 Å². The SMILES string of the molecule is CNCc1ccnn1C1CCCNC1. The van der Waals surface area contributed by atoms with Crippen LogP contribution in [0.25, 0.3) is 0 Å². The van der Waals surface area contributed by atoms with Crippen LogP contribution in [0, 0.1) is 0 Å². The van der Waals surface area contributed by atoms with E-state index in [9.17, 15) is 0 Å². The van der Waals surface area contributed by atoms with Gasteiger partial charge in [0.15, 0.2) is 0 Å². The summed E-state index contributed by atoms with van der Waals surface area (Å²) in [5, 5.41) is 11.0. The van der Waals surface area contributed by atoms with E-state index < -0.39 is 0 Å². The molecule has 14 heavy (non-hydrogen) atoms. The molecule has 0 aromatic carbocycles. The molecule has 0 spiro atoms. The highest BCUT2D eigenvalue weighted by molar-refractivity contribution is 5.02. The minimum Gasteiger partial charge on any atom is -0.315 e. The van der Waals surface area contributed by atoms with Gasteiger partial charge in [0.25, 0.3) is 0 Å². The number of piperidine rings is 1. The smallest absolute Gasteiger partial charge is 0.0647 e. The number of nitrogens with one attached hydrogen (secondary N) is 2. The second-order valence-corrected chi connectivity index (χ2v) is 3.80. The Morgan fingerprint density at radius 2 is 2.64 bits per heavy atom. The molecule has 1 atom stereocenters. The number of aromatic nitrogens is 2. The first kappa shape index (κ1) is 9.68. The predicted octanol–water partition coefficient (Wildman–Crippen LogP) is 0.527. The molecule has 1 aliphatic heterocycles. The maximum Gasteiger partial charge on any atom is 0.0647 e. The largest absolute Gasteiger partial charge is 0.315 e. The summed E-state index contributed by atoms with van der Waals surface area (Å²) in [6.07, 6.45) is 4.39. The van der Waals surface area contributed by atoms with Crippen LogP contribution in [0.4, 0.5) is 0 Å². The molecule has 4 heteroatoms. The molecule has 0 aliphatic carbocycles. The molecule has 2 N–H and O–H groups in total. The molecule has 1 aliphatic rings. The molecular weight excluding hydrogens is 176 g/mol. The zero-order valence-corrected chi connectivity index (χ0v) is 8.66. The third-order valence-electron chi connectivity index (χ3n) is 2.73. The standard InChI is InChI=1S/C10H18N4/c1-11-7-10-4-6-13-14(10)9-3-2-5-12-8-9/h4,6,9,11-12H,2-3,5,7-8H2,1H3. The molecule has 4 nitrogen and oxygen atoms in total. The topological polar surface area (TPSA) is 41.9 Å². The van der Waals surface area contributed by atoms with Crippen molar-refractivity contribution in [2.75, 3.05) is 20.1 Å². The summed E-state index contributed by atoms with van der Waals surface area (Å²) >= 11 is 0. The molecule has 2 heterocycles. The molecule has 0 amide bonds. The van der Waals surface area contributed by atoms with Gasteiger partial charge in [-0.3, -0.25) is 4.68 Å². The lowest BCUT2D eigenvalue weighted by Crippen LogP contribution is -2.33. The zero-order chi connectivity index (χ0) is 9.80. The Morgan fingerprint density at radius 3 is 3.36 bits per heavy atom. The van der Waals surface area contributed by atoms with Crippen molar-refractivity contribution < 1.29 is 0 Å². The van der Waals surface area contributed by atoms with E-state index in [4.69, 9.17) is 0 Å². The summed E-state index contributed by atoms with van der Waals surface area (Å²) in [4.78, 5) is 0. The van der Waals surface area contributed by atoms with E-state index in [0.717, 1.165) is 19.6 Å². The average molecular weight is 194 g/mol. The Balaban J connectivity index is 2.09. The van der Waals surface area contributed by atoms with Crippen molar-refractivity contribution in [3.63, 3.8) is 0 Å². The van der Waals surface area contributed by atoms with Gasteiger partial charge in [-0.2, -0.15) is 5.10 Å². The normalized spacial score (nSPS) is 22.5. The zero-order valence-electron chi connectivity index (χ0n) is 8.66. The van der Waals surface area contributed by atoms with Gasteiger partial charge in [-0.05, 0) is 32.5 Å². The Labute approximate surface area is 84.7 Å². The average Bonchev–Trinajstić information content (AvgIpc) is 2.68. The van der Waals surface area contributed by atoms with Crippen molar-refractivity contribution in [2.45, 2.75) is 25.4 Å². The predicted molar refractivity (Wildman–Crippen MR) is 56.1 cm³/mol. The lowest BCUT2D eigenvalue weighted by atomic mass is 10.1. The first-order valence-electron chi connectivity index (χ1n) is 5.29. The van der Waals surface area contributed by atoms with E-state index in [0.29, 0.717) is 6.04 Å².